The average molecular weight is 228 g/mol. The third-order valence-corrected chi connectivity index (χ3v) is 2.99. The van der Waals surface area contributed by atoms with Crippen molar-refractivity contribution in [2.24, 2.45) is 0 Å². The number of ether oxygens (including phenoxy) is 1. The van der Waals surface area contributed by atoms with Gasteiger partial charge in [-0.15, -0.1) is 0 Å². The van der Waals surface area contributed by atoms with E-state index in [0.29, 0.717) is 0 Å². The highest BCUT2D eigenvalue weighted by atomic mass is 16.5. The highest BCUT2D eigenvalue weighted by Crippen LogP contribution is 2.20. The first kappa shape index (κ1) is 12.0. The molecule has 0 spiro atoms. The van der Waals surface area contributed by atoms with Gasteiger partial charge in [-0.1, -0.05) is 56.5 Å². The number of fused-ring (bicyclic) bond motifs is 1. The number of benzene rings is 2. The summed E-state index contributed by atoms with van der Waals surface area (Å²) in [5.74, 6) is 0.986. The van der Waals surface area contributed by atoms with Gasteiger partial charge in [-0.05, 0) is 29.3 Å². The standard InChI is InChI=1S/C16H20O/c1-2-3-4-7-12-17-16-11-10-14-8-5-6-9-15(14)13-16/h5-6,8-11,13H,2-4,7,12H2,1H3. The summed E-state index contributed by atoms with van der Waals surface area (Å²) in [6.07, 6.45) is 5.00. The second-order valence-corrected chi connectivity index (χ2v) is 4.42. The van der Waals surface area contributed by atoms with Crippen molar-refractivity contribution >= 4 is 10.8 Å². The lowest BCUT2D eigenvalue weighted by Gasteiger charge is -2.07. The Morgan fingerprint density at radius 2 is 1.71 bits per heavy atom. The molecule has 0 radical (unpaired) electrons. The van der Waals surface area contributed by atoms with Crippen molar-refractivity contribution in [3.8, 4) is 5.75 Å². The van der Waals surface area contributed by atoms with Crippen LogP contribution in [-0.4, -0.2) is 6.61 Å². The summed E-state index contributed by atoms with van der Waals surface area (Å²) in [7, 11) is 0. The topological polar surface area (TPSA) is 9.23 Å². The highest BCUT2D eigenvalue weighted by Gasteiger charge is 1.96. The fraction of sp³-hybridized carbons (Fsp3) is 0.375. The number of hydrogen-bond acceptors (Lipinski definition) is 1. The zero-order valence-corrected chi connectivity index (χ0v) is 10.5. The first-order chi connectivity index (χ1) is 8.40. The summed E-state index contributed by atoms with van der Waals surface area (Å²) in [6, 6.07) is 14.7. The Balaban J connectivity index is 1.90. The Hall–Kier alpha value is -1.50. The largest absolute Gasteiger partial charge is 0.494 e. The molecule has 0 aliphatic rings. The molecule has 1 nitrogen and oxygen atoms in total. The second-order valence-electron chi connectivity index (χ2n) is 4.42. The van der Waals surface area contributed by atoms with Crippen LogP contribution in [0.3, 0.4) is 0 Å². The molecule has 90 valence electrons. The van der Waals surface area contributed by atoms with E-state index in [1.54, 1.807) is 0 Å². The molecule has 1 heteroatoms. The lowest BCUT2D eigenvalue weighted by atomic mass is 10.1. The minimum Gasteiger partial charge on any atom is -0.494 e. The fourth-order valence-corrected chi connectivity index (χ4v) is 1.98. The molecule has 17 heavy (non-hydrogen) atoms. The predicted octanol–water partition coefficient (Wildman–Crippen LogP) is 4.80. The van der Waals surface area contributed by atoms with Crippen LogP contribution in [0.2, 0.25) is 0 Å². The SMILES string of the molecule is CCCCCCOc1ccc2ccccc2c1. The van der Waals surface area contributed by atoms with Gasteiger partial charge in [-0.25, -0.2) is 0 Å². The lowest BCUT2D eigenvalue weighted by Crippen LogP contribution is -1.96. The minimum absolute atomic E-state index is 0.832. The van der Waals surface area contributed by atoms with E-state index in [2.05, 4.69) is 49.4 Å². The molecule has 0 saturated carbocycles. The monoisotopic (exact) mass is 228 g/mol. The quantitative estimate of drug-likeness (QED) is 0.645. The van der Waals surface area contributed by atoms with Crippen molar-refractivity contribution in [2.75, 3.05) is 6.61 Å². The maximum Gasteiger partial charge on any atom is 0.119 e. The van der Waals surface area contributed by atoms with Crippen molar-refractivity contribution < 1.29 is 4.74 Å². The molecule has 0 aliphatic heterocycles. The van der Waals surface area contributed by atoms with E-state index in [1.165, 1.54) is 30.0 Å². The first-order valence-electron chi connectivity index (χ1n) is 6.52. The Bertz CT molecular complexity index is 462. The molecule has 2 rings (SSSR count). The summed E-state index contributed by atoms with van der Waals surface area (Å²) in [5, 5.41) is 2.52. The van der Waals surface area contributed by atoms with E-state index >= 15 is 0 Å². The molecule has 0 amide bonds. The zero-order valence-electron chi connectivity index (χ0n) is 10.5. The third kappa shape index (κ3) is 3.48. The van der Waals surface area contributed by atoms with E-state index in [9.17, 15) is 0 Å². The summed E-state index contributed by atoms with van der Waals surface area (Å²) in [6.45, 7) is 3.06. The molecular formula is C16H20O. The number of rotatable bonds is 6. The molecule has 0 unspecified atom stereocenters. The van der Waals surface area contributed by atoms with Crippen molar-refractivity contribution in [3.63, 3.8) is 0 Å². The van der Waals surface area contributed by atoms with Crippen molar-refractivity contribution in [2.45, 2.75) is 32.6 Å². The van der Waals surface area contributed by atoms with E-state index in [1.807, 2.05) is 0 Å². The van der Waals surface area contributed by atoms with Gasteiger partial charge in [0, 0.05) is 0 Å². The molecule has 0 atom stereocenters. The summed E-state index contributed by atoms with van der Waals surface area (Å²) >= 11 is 0. The molecule has 2 aromatic carbocycles. The Morgan fingerprint density at radius 1 is 0.882 bits per heavy atom. The van der Waals surface area contributed by atoms with E-state index in [0.717, 1.165) is 18.8 Å². The molecule has 0 fully saturated rings. The summed E-state index contributed by atoms with van der Waals surface area (Å²) < 4.78 is 5.76. The highest BCUT2D eigenvalue weighted by molar-refractivity contribution is 5.83. The molecular weight excluding hydrogens is 208 g/mol. The van der Waals surface area contributed by atoms with E-state index in [-0.39, 0.29) is 0 Å². The fourth-order valence-electron chi connectivity index (χ4n) is 1.98. The molecule has 0 saturated heterocycles. The van der Waals surface area contributed by atoms with Gasteiger partial charge in [-0.3, -0.25) is 0 Å². The minimum atomic E-state index is 0.832. The van der Waals surface area contributed by atoms with Crippen LogP contribution in [0, 0.1) is 0 Å². The zero-order chi connectivity index (χ0) is 11.9. The summed E-state index contributed by atoms with van der Waals surface area (Å²) in [4.78, 5) is 0. The van der Waals surface area contributed by atoms with Gasteiger partial charge in [0.2, 0.25) is 0 Å². The third-order valence-electron chi connectivity index (χ3n) is 2.99. The van der Waals surface area contributed by atoms with Crippen molar-refractivity contribution in [3.05, 3.63) is 42.5 Å². The Morgan fingerprint density at radius 3 is 2.53 bits per heavy atom. The van der Waals surface area contributed by atoms with Gasteiger partial charge in [0.1, 0.15) is 5.75 Å². The average Bonchev–Trinajstić information content (AvgIpc) is 2.38. The smallest absolute Gasteiger partial charge is 0.119 e. The van der Waals surface area contributed by atoms with Gasteiger partial charge >= 0.3 is 0 Å². The van der Waals surface area contributed by atoms with Gasteiger partial charge in [-0.2, -0.15) is 0 Å². The molecule has 0 aromatic heterocycles. The van der Waals surface area contributed by atoms with Crippen LogP contribution in [0.25, 0.3) is 10.8 Å². The van der Waals surface area contributed by atoms with Gasteiger partial charge in [0.25, 0.3) is 0 Å². The Kier molecular flexibility index (Phi) is 4.43. The normalized spacial score (nSPS) is 10.6. The van der Waals surface area contributed by atoms with Gasteiger partial charge < -0.3 is 4.74 Å². The Labute approximate surface area is 103 Å². The maximum atomic E-state index is 5.76. The number of unbranched alkanes of at least 4 members (excludes halogenated alkanes) is 3. The predicted molar refractivity (Wildman–Crippen MR) is 73.6 cm³/mol. The lowest BCUT2D eigenvalue weighted by molar-refractivity contribution is 0.305. The first-order valence-corrected chi connectivity index (χ1v) is 6.52. The van der Waals surface area contributed by atoms with Crippen LogP contribution >= 0.6 is 0 Å². The van der Waals surface area contributed by atoms with Crippen LogP contribution in [0.4, 0.5) is 0 Å². The molecule has 0 bridgehead atoms. The molecule has 2 aromatic rings. The van der Waals surface area contributed by atoms with Crippen molar-refractivity contribution in [1.82, 2.24) is 0 Å². The van der Waals surface area contributed by atoms with E-state index in [4.69, 9.17) is 4.74 Å². The molecule has 0 N–H and O–H groups in total. The van der Waals surface area contributed by atoms with Gasteiger partial charge in [0.05, 0.1) is 6.61 Å². The second kappa shape index (κ2) is 6.29. The number of hydrogen-bond donors (Lipinski definition) is 0. The molecule has 0 aliphatic carbocycles. The maximum absolute atomic E-state index is 5.76. The van der Waals surface area contributed by atoms with Gasteiger partial charge in [0.15, 0.2) is 0 Å². The van der Waals surface area contributed by atoms with Crippen LogP contribution in [0.5, 0.6) is 5.75 Å². The van der Waals surface area contributed by atoms with Crippen molar-refractivity contribution in [1.29, 1.82) is 0 Å². The van der Waals surface area contributed by atoms with Crippen LogP contribution in [0.15, 0.2) is 42.5 Å². The van der Waals surface area contributed by atoms with Crippen LogP contribution in [-0.2, 0) is 0 Å². The molecule has 0 heterocycles. The summed E-state index contributed by atoms with van der Waals surface area (Å²) in [5.41, 5.74) is 0. The van der Waals surface area contributed by atoms with E-state index < -0.39 is 0 Å². The van der Waals surface area contributed by atoms with Crippen LogP contribution < -0.4 is 4.74 Å². The van der Waals surface area contributed by atoms with Crippen LogP contribution in [0.1, 0.15) is 32.6 Å².